The Morgan fingerprint density at radius 2 is 1.25 bits per heavy atom. The molecule has 0 spiro atoms. The average molecular weight is 296 g/mol. The van der Waals surface area contributed by atoms with E-state index in [2.05, 4.69) is 42.5 Å². The quantitative estimate of drug-likeness (QED) is 0.487. The van der Waals surface area contributed by atoms with E-state index in [1.54, 1.807) is 0 Å². The Balaban J connectivity index is 2.37. The van der Waals surface area contributed by atoms with Crippen molar-refractivity contribution in [1.29, 1.82) is 0 Å². The van der Waals surface area contributed by atoms with E-state index in [0.29, 0.717) is 11.4 Å². The van der Waals surface area contributed by atoms with Crippen molar-refractivity contribution in [2.75, 3.05) is 0 Å². The van der Waals surface area contributed by atoms with Crippen LogP contribution in [-0.2, 0) is 9.59 Å². The van der Waals surface area contributed by atoms with Gasteiger partial charge >= 0.3 is 0 Å². The summed E-state index contributed by atoms with van der Waals surface area (Å²) in [5.74, 6) is -0.249. The number of alkyl halides is 2. The van der Waals surface area contributed by atoms with Crippen LogP contribution < -0.4 is 10.6 Å². The molecule has 12 heavy (non-hydrogen) atoms. The van der Waals surface area contributed by atoms with E-state index in [1.807, 2.05) is 0 Å². The van der Waals surface area contributed by atoms with E-state index < -0.39 is 9.90 Å². The van der Waals surface area contributed by atoms with Gasteiger partial charge in [-0.25, -0.2) is 0 Å². The van der Waals surface area contributed by atoms with Crippen molar-refractivity contribution in [3.8, 4) is 0 Å². The first-order valence-electron chi connectivity index (χ1n) is 3.25. The van der Waals surface area contributed by atoms with E-state index in [0.717, 1.165) is 0 Å². The molecule has 0 saturated heterocycles. The van der Waals surface area contributed by atoms with Crippen molar-refractivity contribution in [2.24, 2.45) is 0 Å². The monoisotopic (exact) mass is 294 g/mol. The molecule has 4 nitrogen and oxygen atoms in total. The summed E-state index contributed by atoms with van der Waals surface area (Å²) in [6.45, 7) is 0. The van der Waals surface area contributed by atoms with Crippen LogP contribution in [0.4, 0.5) is 0 Å². The number of hydrogen-bond acceptors (Lipinski definition) is 4. The highest BCUT2D eigenvalue weighted by Crippen LogP contribution is 2.25. The maximum atomic E-state index is 11.3. The maximum Gasteiger partial charge on any atom is 0.214 e. The van der Waals surface area contributed by atoms with Crippen LogP contribution in [0.2, 0.25) is 0 Å². The average Bonchev–Trinajstić information content (AvgIpc) is 2.43. The second-order valence-corrected chi connectivity index (χ2v) is 4.32. The number of carbonyl (C=O) groups is 2. The molecule has 0 aromatic rings. The van der Waals surface area contributed by atoms with Crippen LogP contribution in [0.1, 0.15) is 0 Å². The van der Waals surface area contributed by atoms with Gasteiger partial charge in [0.1, 0.15) is 21.3 Å². The topological polar surface area (TPSA) is 58.2 Å². The van der Waals surface area contributed by atoms with Gasteiger partial charge in [0, 0.05) is 0 Å². The number of rotatable bonds is 0. The number of halogens is 2. The second kappa shape index (κ2) is 2.56. The lowest BCUT2D eigenvalue weighted by atomic mass is 10.3. The lowest BCUT2D eigenvalue weighted by Gasteiger charge is -2.07. The zero-order chi connectivity index (χ0) is 8.88. The Hall–Kier alpha value is -0.360. The van der Waals surface area contributed by atoms with Crippen LogP contribution in [0.3, 0.4) is 0 Å². The predicted molar refractivity (Wildman–Crippen MR) is 48.7 cm³/mol. The molecular formula is C6H4Br2N2O2. The summed E-state index contributed by atoms with van der Waals surface area (Å²) in [4.78, 5) is 21.6. The number of ketones is 2. The maximum absolute atomic E-state index is 11.3. The minimum absolute atomic E-state index is 0.125. The highest BCUT2D eigenvalue weighted by molar-refractivity contribution is 9.10. The molecule has 2 atom stereocenters. The molecule has 6 heteroatoms. The molecule has 2 rings (SSSR count). The number of nitrogens with one attached hydrogen (secondary N) is 2. The molecular weight excluding hydrogens is 292 g/mol. The molecule has 0 fully saturated rings. The van der Waals surface area contributed by atoms with Crippen molar-refractivity contribution < 1.29 is 9.59 Å². The lowest BCUT2D eigenvalue weighted by molar-refractivity contribution is -0.115. The summed E-state index contributed by atoms with van der Waals surface area (Å²) in [6.07, 6.45) is 0. The van der Waals surface area contributed by atoms with Crippen molar-refractivity contribution in [3.63, 3.8) is 0 Å². The predicted octanol–water partition coefficient (Wildman–Crippen LogP) is -0.0154. The number of carbonyl (C=O) groups excluding carboxylic acids is 2. The molecule has 2 aliphatic heterocycles. The van der Waals surface area contributed by atoms with E-state index in [4.69, 9.17) is 0 Å². The summed E-state index contributed by atoms with van der Waals surface area (Å²) < 4.78 is 0. The smallest absolute Gasteiger partial charge is 0.214 e. The third-order valence-electron chi connectivity index (χ3n) is 1.75. The third kappa shape index (κ3) is 0.942. The number of hydrogen-bond donors (Lipinski definition) is 2. The fourth-order valence-corrected chi connectivity index (χ4v) is 2.09. The molecule has 0 radical (unpaired) electrons. The molecule has 64 valence electrons. The van der Waals surface area contributed by atoms with E-state index in [9.17, 15) is 9.59 Å². The lowest BCUT2D eigenvalue weighted by Crippen LogP contribution is -2.34. The molecule has 2 unspecified atom stereocenters. The zero-order valence-corrected chi connectivity index (χ0v) is 8.90. The fraction of sp³-hybridized carbons (Fsp3) is 0.333. The van der Waals surface area contributed by atoms with E-state index >= 15 is 0 Å². The molecule has 0 bridgehead atoms. The first-order chi connectivity index (χ1) is 5.61. The van der Waals surface area contributed by atoms with Gasteiger partial charge in [-0.3, -0.25) is 9.59 Å². The summed E-state index contributed by atoms with van der Waals surface area (Å²) in [5, 5.41) is 5.50. The molecule has 0 saturated carbocycles. The zero-order valence-electron chi connectivity index (χ0n) is 5.73. The molecule has 2 heterocycles. The largest absolute Gasteiger partial charge is 0.361 e. The Bertz CT molecular complexity index is 283. The minimum atomic E-state index is -0.459. The van der Waals surface area contributed by atoms with Gasteiger partial charge in [0.15, 0.2) is 0 Å². The highest BCUT2D eigenvalue weighted by atomic mass is 79.9. The molecule has 0 aromatic carbocycles. The Kier molecular flexibility index (Phi) is 1.76. The molecule has 2 N–H and O–H groups in total. The van der Waals surface area contributed by atoms with Gasteiger partial charge in [0.2, 0.25) is 11.6 Å². The Labute approximate surface area is 85.0 Å². The van der Waals surface area contributed by atoms with Gasteiger partial charge < -0.3 is 10.6 Å². The van der Waals surface area contributed by atoms with Crippen LogP contribution in [0.15, 0.2) is 11.4 Å². The third-order valence-corrected chi connectivity index (χ3v) is 3.03. The standard InChI is InChI=1S/C6H4Br2N2O2/c7-5-3(11)1-2(10-5)4(12)6(8)9-1/h5-6,9-10H. The van der Waals surface area contributed by atoms with Crippen LogP contribution >= 0.6 is 31.9 Å². The highest BCUT2D eigenvalue weighted by Gasteiger charge is 2.42. The second-order valence-electron chi connectivity index (χ2n) is 2.49. The normalized spacial score (nSPS) is 33.5. The molecule has 0 aliphatic carbocycles. The fourth-order valence-electron chi connectivity index (χ4n) is 1.17. The minimum Gasteiger partial charge on any atom is -0.361 e. The van der Waals surface area contributed by atoms with E-state index in [1.165, 1.54) is 0 Å². The molecule has 0 amide bonds. The molecule has 0 aromatic heterocycles. The van der Waals surface area contributed by atoms with Crippen LogP contribution in [0.5, 0.6) is 0 Å². The first kappa shape index (κ1) is 8.25. The SMILES string of the molecule is O=C1C2=C(NC1Br)C(=O)C(Br)N2. The van der Waals surface area contributed by atoms with Crippen molar-refractivity contribution in [3.05, 3.63) is 11.4 Å². The van der Waals surface area contributed by atoms with Crippen LogP contribution in [0, 0.1) is 0 Å². The van der Waals surface area contributed by atoms with Gasteiger partial charge in [-0.2, -0.15) is 0 Å². The van der Waals surface area contributed by atoms with Crippen molar-refractivity contribution in [2.45, 2.75) is 9.90 Å². The van der Waals surface area contributed by atoms with Gasteiger partial charge in [-0.15, -0.1) is 0 Å². The van der Waals surface area contributed by atoms with Gasteiger partial charge in [0.05, 0.1) is 0 Å². The Morgan fingerprint density at radius 3 is 1.58 bits per heavy atom. The molecule has 2 aliphatic rings. The van der Waals surface area contributed by atoms with E-state index in [-0.39, 0.29) is 11.6 Å². The van der Waals surface area contributed by atoms with Crippen molar-refractivity contribution in [1.82, 2.24) is 10.6 Å². The summed E-state index contributed by atoms with van der Waals surface area (Å²) in [7, 11) is 0. The summed E-state index contributed by atoms with van der Waals surface area (Å²) in [5.41, 5.74) is 0.757. The van der Waals surface area contributed by atoms with Crippen LogP contribution in [-0.4, -0.2) is 21.5 Å². The van der Waals surface area contributed by atoms with Gasteiger partial charge in [-0.05, 0) is 0 Å². The van der Waals surface area contributed by atoms with Crippen LogP contribution in [0.25, 0.3) is 0 Å². The van der Waals surface area contributed by atoms with Crippen molar-refractivity contribution >= 4 is 43.4 Å². The first-order valence-corrected chi connectivity index (χ1v) is 5.08. The summed E-state index contributed by atoms with van der Waals surface area (Å²) in [6, 6.07) is 0. The Morgan fingerprint density at radius 1 is 0.917 bits per heavy atom. The van der Waals surface area contributed by atoms with Gasteiger partial charge in [-0.1, -0.05) is 31.9 Å². The number of Topliss-reactive ketones (excluding diaryl/α,β-unsaturated/α-hetero) is 2. The van der Waals surface area contributed by atoms with Gasteiger partial charge in [0.25, 0.3) is 0 Å². The summed E-state index contributed by atoms with van der Waals surface area (Å²) >= 11 is 6.19.